The number of aromatic nitrogens is 1. The van der Waals surface area contributed by atoms with Crippen LogP contribution < -0.4 is 4.68 Å². The molecular weight excluding hydrogens is 159 g/mol. The van der Waals surface area contributed by atoms with E-state index >= 15 is 0 Å². The Kier molecular flexibility index (Phi) is 2.62. The number of aliphatic hydroxyl groups is 1. The molecule has 0 saturated carbocycles. The Labute approximate surface area is 69.2 Å². The first-order chi connectivity index (χ1) is 5.74. The van der Waals surface area contributed by atoms with Gasteiger partial charge < -0.3 is 10.9 Å². The molecule has 2 N–H and O–H groups in total. The van der Waals surface area contributed by atoms with Crippen LogP contribution in [0.5, 0.6) is 0 Å². The van der Waals surface area contributed by atoms with Gasteiger partial charge in [-0.1, -0.05) is 5.92 Å². The average Bonchev–Trinajstić information content (AvgIpc) is 2.07. The summed E-state index contributed by atoms with van der Waals surface area (Å²) in [7, 11) is 0. The maximum Gasteiger partial charge on any atom is 0.255 e. The van der Waals surface area contributed by atoms with E-state index in [1.54, 1.807) is 0 Å². The number of rotatable bonds is 0. The third-order valence-electron chi connectivity index (χ3n) is 1.21. The molecule has 0 unspecified atom stereocenters. The minimum Gasteiger partial charge on any atom is -0.448 e. The zero-order valence-electron chi connectivity index (χ0n) is 6.21. The van der Waals surface area contributed by atoms with Crippen molar-refractivity contribution < 1.29 is 14.2 Å². The highest BCUT2D eigenvalue weighted by Crippen LogP contribution is 1.95. The zero-order chi connectivity index (χ0) is 8.97. The van der Waals surface area contributed by atoms with Crippen molar-refractivity contribution in [3.8, 4) is 11.8 Å². The van der Waals surface area contributed by atoms with Gasteiger partial charge >= 0.3 is 0 Å². The summed E-state index contributed by atoms with van der Waals surface area (Å²) in [5.74, 6) is 11.5. The summed E-state index contributed by atoms with van der Waals surface area (Å²) in [6.07, 6.45) is 1.25. The third kappa shape index (κ3) is 1.94. The number of hydrogen-bond acceptors (Lipinski definition) is 1. The second-order valence-corrected chi connectivity index (χ2v) is 2.06. The SMILES string of the molecule is [NH-][n+]1ccc(F)cc1C#CCO. The van der Waals surface area contributed by atoms with E-state index in [9.17, 15) is 4.39 Å². The minimum atomic E-state index is -0.444. The molecule has 0 radical (unpaired) electrons. The lowest BCUT2D eigenvalue weighted by atomic mass is 10.3. The molecule has 0 bridgehead atoms. The fourth-order valence-corrected chi connectivity index (χ4v) is 0.701. The number of hydrogen-bond donors (Lipinski definition) is 1. The van der Waals surface area contributed by atoms with Crippen molar-refractivity contribution in [1.29, 1.82) is 0 Å². The topological polar surface area (TPSA) is 47.9 Å². The molecule has 3 nitrogen and oxygen atoms in total. The minimum absolute atomic E-state index is 0.212. The van der Waals surface area contributed by atoms with Crippen LogP contribution in [-0.4, -0.2) is 11.7 Å². The van der Waals surface area contributed by atoms with Crippen molar-refractivity contribution in [3.63, 3.8) is 0 Å². The molecule has 12 heavy (non-hydrogen) atoms. The van der Waals surface area contributed by atoms with E-state index in [-0.39, 0.29) is 12.3 Å². The predicted molar refractivity (Wildman–Crippen MR) is 40.3 cm³/mol. The first kappa shape index (κ1) is 8.50. The summed E-state index contributed by atoms with van der Waals surface area (Å²) in [4.78, 5) is 0. The maximum absolute atomic E-state index is 12.5. The summed E-state index contributed by atoms with van der Waals surface area (Å²) in [5, 5.41) is 8.35. The van der Waals surface area contributed by atoms with Crippen molar-refractivity contribution >= 4 is 0 Å². The Bertz CT molecular complexity index is 341. The summed E-state index contributed by atoms with van der Waals surface area (Å²) in [6.45, 7) is -0.295. The Morgan fingerprint density at radius 1 is 1.67 bits per heavy atom. The molecule has 62 valence electrons. The van der Waals surface area contributed by atoms with Crippen molar-refractivity contribution in [2.24, 2.45) is 0 Å². The average molecular weight is 166 g/mol. The largest absolute Gasteiger partial charge is 0.448 e. The van der Waals surface area contributed by atoms with E-state index in [0.29, 0.717) is 0 Å². The second-order valence-electron chi connectivity index (χ2n) is 2.06. The van der Waals surface area contributed by atoms with E-state index in [1.807, 2.05) is 0 Å². The van der Waals surface area contributed by atoms with Gasteiger partial charge in [-0.2, -0.15) is 0 Å². The fourth-order valence-electron chi connectivity index (χ4n) is 0.701. The Morgan fingerprint density at radius 3 is 3.08 bits per heavy atom. The van der Waals surface area contributed by atoms with Gasteiger partial charge in [-0.3, -0.25) is 0 Å². The molecular formula is C8H7FN2O. The van der Waals surface area contributed by atoms with Gasteiger partial charge in [0.2, 0.25) is 0 Å². The van der Waals surface area contributed by atoms with E-state index < -0.39 is 5.82 Å². The molecule has 0 atom stereocenters. The van der Waals surface area contributed by atoms with Crippen LogP contribution in [0.1, 0.15) is 5.69 Å². The lowest BCUT2D eigenvalue weighted by Gasteiger charge is -1.96. The van der Waals surface area contributed by atoms with Crippen LogP contribution in [0.15, 0.2) is 18.3 Å². The molecule has 4 heteroatoms. The van der Waals surface area contributed by atoms with Crippen molar-refractivity contribution in [1.82, 2.24) is 0 Å². The fraction of sp³-hybridized carbons (Fsp3) is 0.125. The smallest absolute Gasteiger partial charge is 0.255 e. The Morgan fingerprint density at radius 2 is 2.42 bits per heavy atom. The molecule has 1 heterocycles. The number of nitrogens with zero attached hydrogens (tertiary/aromatic N) is 1. The Hall–Kier alpha value is -1.60. The summed E-state index contributed by atoms with van der Waals surface area (Å²) in [6, 6.07) is 2.30. The molecule has 0 aliphatic carbocycles. The molecule has 1 rings (SSSR count). The molecule has 1 aromatic heterocycles. The van der Waals surface area contributed by atoms with Gasteiger partial charge in [-0.15, -0.1) is 0 Å². The summed E-state index contributed by atoms with van der Waals surface area (Å²) < 4.78 is 13.5. The van der Waals surface area contributed by atoms with Crippen LogP contribution in [0.25, 0.3) is 5.84 Å². The highest BCUT2D eigenvalue weighted by molar-refractivity contribution is 5.23. The lowest BCUT2D eigenvalue weighted by Crippen LogP contribution is -2.27. The molecule has 0 spiro atoms. The number of pyridine rings is 1. The Balaban J connectivity index is 3.05. The normalized spacial score (nSPS) is 8.83. The van der Waals surface area contributed by atoms with Crippen LogP contribution >= 0.6 is 0 Å². The lowest BCUT2D eigenvalue weighted by molar-refractivity contribution is -0.608. The van der Waals surface area contributed by atoms with Gasteiger partial charge in [0, 0.05) is 12.0 Å². The standard InChI is InChI=1S/C8H7FN2O/c9-7-3-4-11(10)8(6-7)2-1-5-12/h3-4,6,10,12H,5H2. The third-order valence-corrected chi connectivity index (χ3v) is 1.21. The van der Waals surface area contributed by atoms with Gasteiger partial charge in [-0.05, 0) is 0 Å². The van der Waals surface area contributed by atoms with Gasteiger partial charge in [-0.25, -0.2) is 9.07 Å². The van der Waals surface area contributed by atoms with Crippen LogP contribution in [0.3, 0.4) is 0 Å². The van der Waals surface area contributed by atoms with Crippen LogP contribution in [0.2, 0.25) is 0 Å². The molecule has 0 saturated heterocycles. The molecule has 0 fully saturated rings. The first-order valence-electron chi connectivity index (χ1n) is 3.26. The van der Waals surface area contributed by atoms with E-state index in [0.717, 1.165) is 16.8 Å². The summed E-state index contributed by atoms with van der Waals surface area (Å²) in [5.41, 5.74) is 0.212. The van der Waals surface area contributed by atoms with Crippen molar-refractivity contribution in [2.75, 3.05) is 6.61 Å². The molecule has 0 amide bonds. The monoisotopic (exact) mass is 166 g/mol. The second kappa shape index (κ2) is 3.69. The highest BCUT2D eigenvalue weighted by atomic mass is 19.1. The quantitative estimate of drug-likeness (QED) is 0.436. The van der Waals surface area contributed by atoms with E-state index in [1.165, 1.54) is 6.20 Å². The molecule has 0 aliphatic rings. The van der Waals surface area contributed by atoms with E-state index in [4.69, 9.17) is 10.9 Å². The number of aliphatic hydroxyl groups excluding tert-OH is 1. The van der Waals surface area contributed by atoms with E-state index in [2.05, 4.69) is 11.8 Å². The van der Waals surface area contributed by atoms with Crippen LogP contribution in [0, 0.1) is 17.7 Å². The van der Waals surface area contributed by atoms with Gasteiger partial charge in [0.05, 0.1) is 6.07 Å². The maximum atomic E-state index is 12.5. The zero-order valence-corrected chi connectivity index (χ0v) is 6.21. The van der Waals surface area contributed by atoms with Crippen LogP contribution in [0.4, 0.5) is 4.39 Å². The molecule has 1 aromatic rings. The number of halogens is 1. The van der Waals surface area contributed by atoms with Crippen LogP contribution in [-0.2, 0) is 0 Å². The van der Waals surface area contributed by atoms with Gasteiger partial charge in [0.1, 0.15) is 12.4 Å². The number of nitrogens with one attached hydrogen (secondary N) is 1. The molecule has 0 aliphatic heterocycles. The van der Waals surface area contributed by atoms with Gasteiger partial charge in [0.15, 0.2) is 6.20 Å². The van der Waals surface area contributed by atoms with Crippen molar-refractivity contribution in [3.05, 3.63) is 35.7 Å². The summed E-state index contributed by atoms with van der Waals surface area (Å²) >= 11 is 0. The first-order valence-corrected chi connectivity index (χ1v) is 3.26. The van der Waals surface area contributed by atoms with Crippen molar-refractivity contribution in [2.45, 2.75) is 0 Å². The van der Waals surface area contributed by atoms with Gasteiger partial charge in [0.25, 0.3) is 5.69 Å². The highest BCUT2D eigenvalue weighted by Gasteiger charge is 2.00. The predicted octanol–water partition coefficient (Wildman–Crippen LogP) is 0.272. The molecule has 0 aromatic carbocycles.